The average Bonchev–Trinajstić information content (AvgIpc) is 2.48. The summed E-state index contributed by atoms with van der Waals surface area (Å²) in [6.07, 6.45) is 0. The van der Waals surface area contributed by atoms with E-state index in [1.165, 1.54) is 29.6 Å². The van der Waals surface area contributed by atoms with Crippen LogP contribution >= 0.6 is 11.6 Å². The summed E-state index contributed by atoms with van der Waals surface area (Å²) in [7, 11) is -2.09. The van der Waals surface area contributed by atoms with E-state index in [9.17, 15) is 8.42 Å². The fourth-order valence-corrected chi connectivity index (χ4v) is 3.41. The van der Waals surface area contributed by atoms with E-state index in [0.717, 1.165) is 5.56 Å². The first-order valence-corrected chi connectivity index (χ1v) is 8.16. The van der Waals surface area contributed by atoms with Gasteiger partial charge in [-0.05, 0) is 23.3 Å². The molecule has 0 spiro atoms. The van der Waals surface area contributed by atoms with Gasteiger partial charge in [0, 0.05) is 18.6 Å². The molecule has 2 rings (SSSR count). The van der Waals surface area contributed by atoms with Gasteiger partial charge in [0.25, 0.3) is 0 Å². The van der Waals surface area contributed by atoms with Crippen LogP contribution in [0.1, 0.15) is 11.1 Å². The Balaban J connectivity index is 2.27. The monoisotopic (exact) mass is 325 g/mol. The Kier molecular flexibility index (Phi) is 5.00. The molecule has 0 saturated carbocycles. The summed E-state index contributed by atoms with van der Waals surface area (Å²) in [6.45, 7) is 0.0571. The molecule has 0 unspecified atom stereocenters. The molecule has 0 amide bonds. The van der Waals surface area contributed by atoms with E-state index >= 15 is 0 Å². The number of hydrogen-bond acceptors (Lipinski definition) is 3. The molecule has 0 aliphatic rings. The van der Waals surface area contributed by atoms with Gasteiger partial charge in [0.2, 0.25) is 10.0 Å². The van der Waals surface area contributed by atoms with Crippen LogP contribution in [-0.2, 0) is 23.2 Å². The second kappa shape index (κ2) is 6.58. The molecule has 2 aromatic rings. The Morgan fingerprint density at radius 2 is 1.81 bits per heavy atom. The Bertz CT molecular complexity index is 717. The summed E-state index contributed by atoms with van der Waals surface area (Å²) in [6, 6.07) is 13.7. The maximum atomic E-state index is 12.5. The molecule has 0 saturated heterocycles. The molecule has 0 bridgehead atoms. The number of aliphatic hydroxyl groups excluding tert-OH is 1. The standard InChI is InChI=1S/C15H16ClNO3S/c1-17(10-12-5-3-2-4-6-12)21(19,20)14-8-7-13(11-18)15(16)9-14/h2-9,18H,10-11H2,1H3. The molecule has 0 atom stereocenters. The summed E-state index contributed by atoms with van der Waals surface area (Å²) in [5.74, 6) is 0. The van der Waals surface area contributed by atoms with Crippen molar-refractivity contribution in [3.63, 3.8) is 0 Å². The number of nitrogens with zero attached hydrogens (tertiary/aromatic N) is 1. The highest BCUT2D eigenvalue weighted by atomic mass is 35.5. The third-order valence-electron chi connectivity index (χ3n) is 3.15. The van der Waals surface area contributed by atoms with Crippen LogP contribution in [0.3, 0.4) is 0 Å². The highest BCUT2D eigenvalue weighted by Gasteiger charge is 2.21. The highest BCUT2D eigenvalue weighted by molar-refractivity contribution is 7.89. The van der Waals surface area contributed by atoms with E-state index in [4.69, 9.17) is 16.7 Å². The first kappa shape index (κ1) is 16.0. The average molecular weight is 326 g/mol. The summed E-state index contributed by atoms with van der Waals surface area (Å²) in [5.41, 5.74) is 1.41. The predicted molar refractivity (Wildman–Crippen MR) is 82.5 cm³/mol. The minimum Gasteiger partial charge on any atom is -0.392 e. The van der Waals surface area contributed by atoms with Crippen molar-refractivity contribution in [2.24, 2.45) is 0 Å². The van der Waals surface area contributed by atoms with E-state index < -0.39 is 10.0 Å². The number of rotatable bonds is 5. The highest BCUT2D eigenvalue weighted by Crippen LogP contribution is 2.23. The number of sulfonamides is 1. The summed E-state index contributed by atoms with van der Waals surface area (Å²) in [5, 5.41) is 9.31. The summed E-state index contributed by atoms with van der Waals surface area (Å²) >= 11 is 5.96. The topological polar surface area (TPSA) is 57.6 Å². The van der Waals surface area contributed by atoms with Crippen molar-refractivity contribution in [1.29, 1.82) is 0 Å². The molecule has 0 radical (unpaired) electrons. The molecule has 0 fully saturated rings. The van der Waals surface area contributed by atoms with Gasteiger partial charge >= 0.3 is 0 Å². The fourth-order valence-electron chi connectivity index (χ4n) is 1.92. The minimum absolute atomic E-state index is 0.114. The van der Waals surface area contributed by atoms with Gasteiger partial charge < -0.3 is 5.11 Å². The summed E-state index contributed by atoms with van der Waals surface area (Å²) in [4.78, 5) is 0.114. The lowest BCUT2D eigenvalue weighted by molar-refractivity contribution is 0.282. The minimum atomic E-state index is -3.62. The van der Waals surface area contributed by atoms with Crippen LogP contribution in [0.5, 0.6) is 0 Å². The van der Waals surface area contributed by atoms with Gasteiger partial charge in [0.1, 0.15) is 0 Å². The molecule has 1 N–H and O–H groups in total. The zero-order valence-corrected chi connectivity index (χ0v) is 13.1. The van der Waals surface area contributed by atoms with Crippen LogP contribution in [0.15, 0.2) is 53.4 Å². The number of halogens is 1. The molecule has 2 aromatic carbocycles. The van der Waals surface area contributed by atoms with Crippen molar-refractivity contribution in [2.45, 2.75) is 18.0 Å². The van der Waals surface area contributed by atoms with Gasteiger partial charge in [-0.25, -0.2) is 8.42 Å². The zero-order valence-electron chi connectivity index (χ0n) is 11.5. The van der Waals surface area contributed by atoms with E-state index in [0.29, 0.717) is 5.56 Å². The molecule has 0 aliphatic heterocycles. The Labute approximate surface area is 129 Å². The molecule has 0 aliphatic carbocycles. The smallest absolute Gasteiger partial charge is 0.243 e. The van der Waals surface area contributed by atoms with Gasteiger partial charge in [-0.3, -0.25) is 0 Å². The second-order valence-electron chi connectivity index (χ2n) is 4.66. The lowest BCUT2D eigenvalue weighted by atomic mass is 10.2. The molecule has 6 heteroatoms. The molecule has 4 nitrogen and oxygen atoms in total. The largest absolute Gasteiger partial charge is 0.392 e. The van der Waals surface area contributed by atoms with E-state index in [1.54, 1.807) is 0 Å². The van der Waals surface area contributed by atoms with Crippen LogP contribution in [0.25, 0.3) is 0 Å². The first-order valence-electron chi connectivity index (χ1n) is 6.34. The number of aliphatic hydroxyl groups is 1. The predicted octanol–water partition coefficient (Wildman–Crippen LogP) is 2.65. The fraction of sp³-hybridized carbons (Fsp3) is 0.200. The third-order valence-corrected chi connectivity index (χ3v) is 5.30. The number of hydrogen-bond donors (Lipinski definition) is 1. The van der Waals surface area contributed by atoms with Gasteiger partial charge in [0.05, 0.1) is 11.5 Å². The molecule has 21 heavy (non-hydrogen) atoms. The van der Waals surface area contributed by atoms with Gasteiger partial charge in [-0.1, -0.05) is 48.0 Å². The SMILES string of the molecule is CN(Cc1ccccc1)S(=O)(=O)c1ccc(CO)c(Cl)c1. The Hall–Kier alpha value is -1.40. The first-order chi connectivity index (χ1) is 9.95. The van der Waals surface area contributed by atoms with Crippen molar-refractivity contribution in [2.75, 3.05) is 7.05 Å². The van der Waals surface area contributed by atoms with Gasteiger partial charge in [0.15, 0.2) is 0 Å². The number of benzene rings is 2. The lowest BCUT2D eigenvalue weighted by Crippen LogP contribution is -2.26. The van der Waals surface area contributed by atoms with Crippen molar-refractivity contribution in [3.8, 4) is 0 Å². The molecular weight excluding hydrogens is 310 g/mol. The van der Waals surface area contributed by atoms with Crippen molar-refractivity contribution < 1.29 is 13.5 Å². The van der Waals surface area contributed by atoms with Crippen molar-refractivity contribution in [1.82, 2.24) is 4.31 Å². The molecule has 0 heterocycles. The Morgan fingerprint density at radius 3 is 2.38 bits per heavy atom. The van der Waals surface area contributed by atoms with Crippen LogP contribution in [0.4, 0.5) is 0 Å². The van der Waals surface area contributed by atoms with E-state index in [1.807, 2.05) is 30.3 Å². The van der Waals surface area contributed by atoms with Gasteiger partial charge in [-0.2, -0.15) is 4.31 Å². The van der Waals surface area contributed by atoms with Crippen LogP contribution in [0, 0.1) is 0 Å². The van der Waals surface area contributed by atoms with Gasteiger partial charge in [-0.15, -0.1) is 0 Å². The third kappa shape index (κ3) is 3.63. The van der Waals surface area contributed by atoms with Crippen molar-refractivity contribution in [3.05, 3.63) is 64.7 Å². The van der Waals surface area contributed by atoms with E-state index in [2.05, 4.69) is 0 Å². The molecule has 0 aromatic heterocycles. The zero-order chi connectivity index (χ0) is 15.5. The van der Waals surface area contributed by atoms with Crippen molar-refractivity contribution >= 4 is 21.6 Å². The summed E-state index contributed by atoms with van der Waals surface area (Å²) < 4.78 is 26.3. The van der Waals surface area contributed by atoms with Crippen LogP contribution < -0.4 is 0 Å². The maximum Gasteiger partial charge on any atom is 0.243 e. The molecular formula is C15H16ClNO3S. The lowest BCUT2D eigenvalue weighted by Gasteiger charge is -2.18. The second-order valence-corrected chi connectivity index (χ2v) is 7.11. The van der Waals surface area contributed by atoms with Crippen LogP contribution in [-0.4, -0.2) is 24.9 Å². The Morgan fingerprint density at radius 1 is 1.14 bits per heavy atom. The van der Waals surface area contributed by atoms with E-state index in [-0.39, 0.29) is 23.1 Å². The maximum absolute atomic E-state index is 12.5. The normalized spacial score (nSPS) is 11.8. The van der Waals surface area contributed by atoms with Crippen LogP contribution in [0.2, 0.25) is 5.02 Å². The molecule has 112 valence electrons. The quantitative estimate of drug-likeness (QED) is 0.919.